The van der Waals surface area contributed by atoms with Crippen molar-refractivity contribution in [3.05, 3.63) is 101 Å². The lowest BCUT2D eigenvalue weighted by molar-refractivity contribution is -0.141. The van der Waals surface area contributed by atoms with Crippen LogP contribution in [0.5, 0.6) is 0 Å². The van der Waals surface area contributed by atoms with Gasteiger partial charge in [0.15, 0.2) is 0 Å². The molecular weight excluding hydrogens is 520 g/mol. The Bertz CT molecular complexity index is 1740. The minimum absolute atomic E-state index is 0.137. The number of fused-ring (bicyclic) bond motifs is 4. The molecule has 3 aliphatic heterocycles. The average molecular weight is 549 g/mol. The number of carbonyl (C=O) groups excluding carboxylic acids is 3. The molecule has 4 amide bonds. The first-order valence-corrected chi connectivity index (χ1v) is 13.8. The Balaban J connectivity index is 1.34. The summed E-state index contributed by atoms with van der Waals surface area (Å²) in [5, 5.41) is 10.7. The molecule has 206 valence electrons. The van der Waals surface area contributed by atoms with Gasteiger partial charge in [0.05, 0.1) is 11.3 Å². The van der Waals surface area contributed by atoms with Crippen LogP contribution in [0, 0.1) is 6.92 Å². The van der Waals surface area contributed by atoms with Crippen molar-refractivity contribution < 1.29 is 24.3 Å². The van der Waals surface area contributed by atoms with E-state index in [-0.39, 0.29) is 11.3 Å². The number of aromatic amines is 1. The van der Waals surface area contributed by atoms with Gasteiger partial charge in [-0.2, -0.15) is 0 Å². The molecule has 9 nitrogen and oxygen atoms in total. The highest BCUT2D eigenvalue weighted by atomic mass is 16.4. The van der Waals surface area contributed by atoms with Crippen LogP contribution in [0.3, 0.4) is 0 Å². The highest BCUT2D eigenvalue weighted by molar-refractivity contribution is 6.24. The highest BCUT2D eigenvalue weighted by Crippen LogP contribution is 2.45. The first-order valence-electron chi connectivity index (χ1n) is 13.8. The fraction of sp³-hybridized carbons (Fsp3) is 0.250. The number of nitrogens with zero attached hydrogens (tertiary/aromatic N) is 3. The van der Waals surface area contributed by atoms with Crippen molar-refractivity contribution in [3.63, 3.8) is 0 Å². The molecule has 1 aromatic heterocycles. The predicted octanol–water partition coefficient (Wildman–Crippen LogP) is 4.65. The smallest absolute Gasteiger partial charge is 0.332 e. The SMILES string of the molecule is Cc1ccc([C@H]2c3[nH]c4ccccc4c3C[C@H]3C(=O)N(c4ccccc4C(=O)N4CCC[C@@H]4C(=O)O)C(=O)N23)cc1. The van der Waals surface area contributed by atoms with E-state index in [1.165, 1.54) is 4.90 Å². The topological polar surface area (TPSA) is 114 Å². The third-order valence-electron chi connectivity index (χ3n) is 8.62. The van der Waals surface area contributed by atoms with E-state index in [2.05, 4.69) is 4.98 Å². The van der Waals surface area contributed by atoms with E-state index in [0.29, 0.717) is 25.8 Å². The summed E-state index contributed by atoms with van der Waals surface area (Å²) >= 11 is 0. The number of rotatable bonds is 4. The first-order chi connectivity index (χ1) is 19.8. The number of urea groups is 1. The van der Waals surface area contributed by atoms with Crippen LogP contribution in [0.25, 0.3) is 10.9 Å². The molecule has 3 aromatic carbocycles. The zero-order chi connectivity index (χ0) is 28.4. The molecule has 0 saturated carbocycles. The Morgan fingerprint density at radius 2 is 1.68 bits per heavy atom. The van der Waals surface area contributed by atoms with Crippen LogP contribution in [0.2, 0.25) is 0 Å². The summed E-state index contributed by atoms with van der Waals surface area (Å²) in [4.78, 5) is 61.5. The number of H-pyrrole nitrogens is 1. The number of aliphatic carboxylic acids is 1. The second-order valence-corrected chi connectivity index (χ2v) is 11.0. The van der Waals surface area contributed by atoms with Gasteiger partial charge in [0.25, 0.3) is 11.8 Å². The third-order valence-corrected chi connectivity index (χ3v) is 8.62. The number of amides is 4. The fourth-order valence-electron chi connectivity index (χ4n) is 6.66. The summed E-state index contributed by atoms with van der Waals surface area (Å²) in [6.07, 6.45) is 1.28. The van der Waals surface area contributed by atoms with Crippen LogP contribution in [0.15, 0.2) is 72.8 Å². The number of aromatic nitrogens is 1. The van der Waals surface area contributed by atoms with Crippen molar-refractivity contribution in [1.82, 2.24) is 14.8 Å². The number of carbonyl (C=O) groups is 4. The summed E-state index contributed by atoms with van der Waals surface area (Å²) in [5.74, 6) is -1.96. The lowest BCUT2D eigenvalue weighted by atomic mass is 9.88. The molecule has 0 unspecified atom stereocenters. The Morgan fingerprint density at radius 1 is 0.951 bits per heavy atom. The largest absolute Gasteiger partial charge is 0.480 e. The summed E-state index contributed by atoms with van der Waals surface area (Å²) in [7, 11) is 0. The van der Waals surface area contributed by atoms with Gasteiger partial charge in [-0.15, -0.1) is 0 Å². The number of anilines is 1. The van der Waals surface area contributed by atoms with E-state index < -0.39 is 41.9 Å². The quantitative estimate of drug-likeness (QED) is 0.361. The van der Waals surface area contributed by atoms with Crippen molar-refractivity contribution in [2.75, 3.05) is 11.4 Å². The highest BCUT2D eigenvalue weighted by Gasteiger charge is 2.53. The van der Waals surface area contributed by atoms with E-state index >= 15 is 0 Å². The second-order valence-electron chi connectivity index (χ2n) is 11.0. The monoisotopic (exact) mass is 548 g/mol. The Kier molecular flexibility index (Phi) is 5.71. The van der Waals surface area contributed by atoms with Crippen molar-refractivity contribution in [1.29, 1.82) is 0 Å². The summed E-state index contributed by atoms with van der Waals surface area (Å²) < 4.78 is 0. The van der Waals surface area contributed by atoms with Crippen LogP contribution in [-0.2, 0) is 16.0 Å². The van der Waals surface area contributed by atoms with Gasteiger partial charge in [0.1, 0.15) is 18.1 Å². The van der Waals surface area contributed by atoms with Gasteiger partial charge >= 0.3 is 12.0 Å². The molecule has 2 fully saturated rings. The van der Waals surface area contributed by atoms with Gasteiger partial charge in [-0.05, 0) is 49.1 Å². The van der Waals surface area contributed by atoms with E-state index in [1.54, 1.807) is 29.2 Å². The van der Waals surface area contributed by atoms with Gasteiger partial charge in [0, 0.05) is 29.6 Å². The minimum Gasteiger partial charge on any atom is -0.480 e. The van der Waals surface area contributed by atoms with Crippen molar-refractivity contribution in [2.24, 2.45) is 0 Å². The number of hydrogen-bond acceptors (Lipinski definition) is 4. The number of benzene rings is 3. The maximum Gasteiger partial charge on any atom is 0.332 e. The number of nitrogens with one attached hydrogen (secondary N) is 1. The van der Waals surface area contributed by atoms with E-state index in [1.807, 2.05) is 55.5 Å². The summed E-state index contributed by atoms with van der Waals surface area (Å²) in [6.45, 7) is 2.30. The molecule has 4 heterocycles. The molecule has 0 bridgehead atoms. The van der Waals surface area contributed by atoms with E-state index in [4.69, 9.17) is 0 Å². The molecule has 3 aliphatic rings. The van der Waals surface area contributed by atoms with E-state index in [9.17, 15) is 24.3 Å². The number of aryl methyl sites for hydroxylation is 1. The predicted molar refractivity (Wildman–Crippen MR) is 152 cm³/mol. The van der Waals surface area contributed by atoms with Crippen LogP contribution in [0.4, 0.5) is 10.5 Å². The van der Waals surface area contributed by atoms with Crippen LogP contribution < -0.4 is 4.90 Å². The molecule has 0 aliphatic carbocycles. The number of likely N-dealkylation sites (tertiary alicyclic amines) is 1. The molecule has 7 rings (SSSR count). The number of imide groups is 1. The summed E-state index contributed by atoms with van der Waals surface area (Å²) in [6, 6.07) is 19.6. The number of carboxylic acid groups (broad SMARTS) is 1. The lowest BCUT2D eigenvalue weighted by Crippen LogP contribution is -2.44. The van der Waals surface area contributed by atoms with Gasteiger partial charge in [0.2, 0.25) is 0 Å². The average Bonchev–Trinajstić information content (AvgIpc) is 3.67. The van der Waals surface area contributed by atoms with Gasteiger partial charge < -0.3 is 15.0 Å². The molecule has 41 heavy (non-hydrogen) atoms. The molecule has 2 N–H and O–H groups in total. The molecule has 3 atom stereocenters. The molecule has 0 spiro atoms. The second kappa shape index (κ2) is 9.33. The van der Waals surface area contributed by atoms with Crippen molar-refractivity contribution >= 4 is 40.4 Å². The number of para-hydroxylation sites is 2. The van der Waals surface area contributed by atoms with Crippen LogP contribution >= 0.6 is 0 Å². The Hall–Kier alpha value is -4.92. The standard InChI is InChI=1S/C32H28N4O5/c1-18-12-14-19(15-13-18)28-27-22(20-7-2-4-9-23(20)33-27)17-26-30(38)36(32(41)35(26)28)24-10-5-3-8-21(24)29(37)34-16-6-11-25(34)31(39)40/h2-5,7-10,12-15,25-26,28,33H,6,11,16-17H2,1H3,(H,39,40)/t25-,26+,28+/m1/s1. The molecule has 0 radical (unpaired) electrons. The number of hydrogen-bond donors (Lipinski definition) is 2. The zero-order valence-electron chi connectivity index (χ0n) is 22.4. The number of carboxylic acids is 1. The van der Waals surface area contributed by atoms with Crippen LogP contribution in [0.1, 0.15) is 51.6 Å². The zero-order valence-corrected chi connectivity index (χ0v) is 22.4. The van der Waals surface area contributed by atoms with Crippen molar-refractivity contribution in [2.45, 2.75) is 44.3 Å². The van der Waals surface area contributed by atoms with E-state index in [0.717, 1.165) is 38.2 Å². The fourth-order valence-corrected chi connectivity index (χ4v) is 6.66. The molecular formula is C32H28N4O5. The van der Waals surface area contributed by atoms with Crippen molar-refractivity contribution in [3.8, 4) is 0 Å². The first kappa shape index (κ1) is 25.1. The Labute approximate surface area is 236 Å². The molecule has 4 aromatic rings. The third kappa shape index (κ3) is 3.76. The normalized spacial score (nSPS) is 21.9. The lowest BCUT2D eigenvalue weighted by Gasteiger charge is -2.36. The maximum atomic E-state index is 14.3. The van der Waals surface area contributed by atoms with Gasteiger partial charge in [-0.25, -0.2) is 14.5 Å². The minimum atomic E-state index is -1.06. The van der Waals surface area contributed by atoms with Crippen LogP contribution in [-0.4, -0.2) is 62.3 Å². The molecule has 2 saturated heterocycles. The maximum absolute atomic E-state index is 14.3. The Morgan fingerprint density at radius 3 is 2.46 bits per heavy atom. The van der Waals surface area contributed by atoms with Gasteiger partial charge in [-0.3, -0.25) is 14.5 Å². The molecule has 9 heteroatoms. The summed E-state index contributed by atoms with van der Waals surface area (Å²) in [5.41, 5.74) is 5.09. The van der Waals surface area contributed by atoms with Gasteiger partial charge in [-0.1, -0.05) is 60.2 Å².